The van der Waals surface area contributed by atoms with Crippen LogP contribution in [0.1, 0.15) is 99.8 Å². The first-order valence-corrected chi connectivity index (χ1v) is 43.1. The summed E-state index contributed by atoms with van der Waals surface area (Å²) in [5, 5.41) is 0. The molecule has 8 aromatic heterocycles. The van der Waals surface area contributed by atoms with Crippen LogP contribution in [0.4, 0.5) is 26.3 Å². The van der Waals surface area contributed by atoms with Crippen LogP contribution in [0.5, 0.6) is 0 Å². The van der Waals surface area contributed by atoms with Gasteiger partial charge in [0.15, 0.2) is 0 Å². The van der Waals surface area contributed by atoms with Crippen LogP contribution >= 0.6 is 22.7 Å². The third-order valence-corrected chi connectivity index (χ3v) is 26.7. The van der Waals surface area contributed by atoms with Crippen molar-refractivity contribution in [2.45, 2.75) is 73.2 Å². The molecule has 125 heavy (non-hydrogen) atoms. The van der Waals surface area contributed by atoms with E-state index in [2.05, 4.69) is 268 Å². The van der Waals surface area contributed by atoms with E-state index in [-0.39, 0.29) is 20.9 Å². The number of thiophene rings is 2. The van der Waals surface area contributed by atoms with Crippen molar-refractivity contribution in [3.8, 4) is 110 Å². The van der Waals surface area contributed by atoms with E-state index in [4.69, 9.17) is 19.9 Å². The lowest BCUT2D eigenvalue weighted by Gasteiger charge is -2.25. The molecular weight excluding hydrogens is 1600 g/mol. The summed E-state index contributed by atoms with van der Waals surface area (Å²) in [4.78, 5) is 38.4. The molecule has 8 aromatic carbocycles. The first kappa shape index (κ1) is 78.0. The third kappa shape index (κ3) is 13.4. The van der Waals surface area contributed by atoms with Gasteiger partial charge in [0.25, 0.3) is 0 Å². The molecule has 12 heterocycles. The molecule has 16 bridgehead atoms. The molecule has 0 atom stereocenters. The van der Waals surface area contributed by atoms with Crippen LogP contribution in [0.3, 0.4) is 0 Å². The predicted octanol–water partition coefficient (Wildman–Crippen LogP) is 30.7. The normalized spacial score (nSPS) is 14.2. The standard InChI is InChI=1S/C109H78F6N8S2/c1-59-9-21-69(22-10-59)97-79-41-45-83(116-79)99(71-25-13-61(3)14-26-71)87-49-53-91(120-87)103(92-54-50-88(121-92)100(84-46-42-80(97)117-84)72-27-15-62(4)16-28-72)75-37-33-67(34-38-75)95-57-77(65(7)124-95)105-106(108(112,113)109(114,115)107(105,110)111)78-58-96(125-66(78)8)68-35-39-76(40-36-68)104-93-55-51-89(122-93)101(73-29-17-63(5)18-30-73)85-47-43-81(118-85)98(70-23-11-60(2)12-24-70)82-44-48-86(119-82)102(90-52-56-94(104)123-90)74-31-19-64(6)20-32-74/h9-58,116,118,121,123H,1-8H3. The van der Waals surface area contributed by atoms with Crippen molar-refractivity contribution in [2.24, 2.45) is 0 Å². The van der Waals surface area contributed by atoms with Crippen molar-refractivity contribution in [1.82, 2.24) is 39.9 Å². The highest BCUT2D eigenvalue weighted by molar-refractivity contribution is 7.16. The van der Waals surface area contributed by atoms with E-state index in [0.29, 0.717) is 43.7 Å². The second kappa shape index (κ2) is 30.0. The van der Waals surface area contributed by atoms with Gasteiger partial charge in [0.2, 0.25) is 0 Å². The third-order valence-electron chi connectivity index (χ3n) is 24.5. The van der Waals surface area contributed by atoms with Gasteiger partial charge < -0.3 is 19.9 Å². The summed E-state index contributed by atoms with van der Waals surface area (Å²) in [6.07, 6.45) is 16.3. The molecule has 1 aliphatic carbocycles. The zero-order valence-electron chi connectivity index (χ0n) is 69.2. The number of hydrogen-bond acceptors (Lipinski definition) is 6. The van der Waals surface area contributed by atoms with Crippen molar-refractivity contribution >= 4 is 127 Å². The largest absolute Gasteiger partial charge is 0.380 e. The van der Waals surface area contributed by atoms with Crippen LogP contribution in [0, 0.1) is 55.4 Å². The Morgan fingerprint density at radius 3 is 0.552 bits per heavy atom. The molecule has 0 saturated carbocycles. The number of benzene rings is 8. The number of allylic oxidation sites excluding steroid dienone is 2. The molecule has 0 fully saturated rings. The Hall–Kier alpha value is -14.3. The fourth-order valence-electron chi connectivity index (χ4n) is 17.9. The molecule has 4 N–H and O–H groups in total. The Morgan fingerprint density at radius 1 is 0.216 bits per heavy atom. The van der Waals surface area contributed by atoms with Crippen molar-refractivity contribution in [2.75, 3.05) is 0 Å². The summed E-state index contributed by atoms with van der Waals surface area (Å²) >= 11 is 2.14. The first-order chi connectivity index (χ1) is 60.4. The highest BCUT2D eigenvalue weighted by Gasteiger charge is 2.80. The van der Waals surface area contributed by atoms with Gasteiger partial charge in [-0.15, -0.1) is 22.7 Å². The summed E-state index contributed by atoms with van der Waals surface area (Å²) in [5.41, 5.74) is 30.6. The first-order valence-electron chi connectivity index (χ1n) is 41.5. The van der Waals surface area contributed by atoms with Gasteiger partial charge in [-0.2, -0.15) is 26.3 Å². The molecule has 608 valence electrons. The fraction of sp³-hybridized carbons (Fsp3) is 0.101. The molecule has 21 rings (SSSR count). The summed E-state index contributed by atoms with van der Waals surface area (Å²) in [6, 6.07) is 84.8. The maximum atomic E-state index is 17.2. The number of aromatic nitrogens is 8. The molecule has 0 spiro atoms. The van der Waals surface area contributed by atoms with Crippen molar-refractivity contribution < 1.29 is 26.3 Å². The van der Waals surface area contributed by atoms with E-state index in [1.54, 1.807) is 0 Å². The van der Waals surface area contributed by atoms with E-state index < -0.39 is 28.9 Å². The average Bonchev–Trinajstić information content (AvgIpc) is 1.52. The van der Waals surface area contributed by atoms with Gasteiger partial charge in [0, 0.05) is 119 Å². The number of nitrogens with zero attached hydrogens (tertiary/aromatic N) is 4. The Balaban J connectivity index is 0.678. The number of nitrogens with one attached hydrogen (secondary N) is 4. The SMILES string of the molecule is Cc1ccc(-c2c3nc(c(-c4ccc(C)cc4)c4ccc([nH]4)c(-c4ccc(-c5cc(C6=C(c7cc(-c8ccc(-c9c%10nc(c(-c%11ccc(C)cc%11)c%11ccc([nH]%11)c(-c%11ccc(C)cc%11)c%11nc(c(-c%12ccc(C)cc%12)c%12ccc9[nH]%12)C=C%11)C=C%10)cc8)sc7C)C(F)(F)C(F)(F)C6(F)F)c(C)s5)cc4)c4nc(c(-c5ccc(C)cc5)c5ccc2[nH]5)C=C4)C=C3)cc1. The minimum absolute atomic E-state index is 0.163. The van der Waals surface area contributed by atoms with Crippen LogP contribution in [0.25, 0.3) is 214 Å². The number of hydrogen-bond donors (Lipinski definition) is 4. The van der Waals surface area contributed by atoms with Crippen LogP contribution < -0.4 is 0 Å². The zero-order valence-corrected chi connectivity index (χ0v) is 70.9. The Morgan fingerprint density at radius 2 is 0.376 bits per heavy atom. The summed E-state index contributed by atoms with van der Waals surface area (Å²) in [6.45, 7) is 15.4. The monoisotopic (exact) mass is 1680 g/mol. The van der Waals surface area contributed by atoms with Gasteiger partial charge in [0.05, 0.1) is 45.6 Å². The molecule has 0 amide bonds. The average molecular weight is 1680 g/mol. The minimum Gasteiger partial charge on any atom is -0.354 e. The molecule has 0 unspecified atom stereocenters. The Bertz CT molecular complexity index is 7150. The quantitative estimate of drug-likeness (QED) is 0.0912. The summed E-state index contributed by atoms with van der Waals surface area (Å²) in [5.74, 6) is -16.4. The highest BCUT2D eigenvalue weighted by atomic mass is 32.1. The second-order valence-corrected chi connectivity index (χ2v) is 35.5. The van der Waals surface area contributed by atoms with Crippen LogP contribution in [0.2, 0.25) is 0 Å². The highest BCUT2D eigenvalue weighted by Crippen LogP contribution is 2.66. The van der Waals surface area contributed by atoms with E-state index in [1.807, 2.05) is 85.0 Å². The van der Waals surface area contributed by atoms with Crippen molar-refractivity contribution in [3.05, 3.63) is 355 Å². The van der Waals surface area contributed by atoms with Crippen molar-refractivity contribution in [3.63, 3.8) is 0 Å². The fourth-order valence-corrected chi connectivity index (χ4v) is 20.0. The maximum Gasteiger partial charge on any atom is 0.380 e. The summed E-state index contributed by atoms with van der Waals surface area (Å²) < 4.78 is 102. The van der Waals surface area contributed by atoms with Gasteiger partial charge >= 0.3 is 17.8 Å². The van der Waals surface area contributed by atoms with Crippen LogP contribution in [0.15, 0.2) is 255 Å². The zero-order chi connectivity index (χ0) is 85.6. The maximum absolute atomic E-state index is 17.2. The topological polar surface area (TPSA) is 115 Å². The van der Waals surface area contributed by atoms with Gasteiger partial charge in [0.1, 0.15) is 0 Å². The lowest BCUT2D eigenvalue weighted by molar-refractivity contribution is -0.254. The molecule has 16 aromatic rings. The van der Waals surface area contributed by atoms with Gasteiger partial charge in [-0.1, -0.05) is 228 Å². The Labute approximate surface area is 725 Å². The molecule has 5 aliphatic rings. The molecule has 8 nitrogen and oxygen atoms in total. The van der Waals surface area contributed by atoms with E-state index in [9.17, 15) is 0 Å². The number of fused-ring (bicyclic) bond motifs is 16. The number of aromatic amines is 4. The Kier molecular flexibility index (Phi) is 18.7. The number of alkyl halides is 6. The number of H-pyrrole nitrogens is 4. The van der Waals surface area contributed by atoms with E-state index in [1.165, 1.54) is 26.0 Å². The lowest BCUT2D eigenvalue weighted by Crippen LogP contribution is -2.48. The van der Waals surface area contributed by atoms with Gasteiger partial charge in [-0.05, 0) is 231 Å². The minimum atomic E-state index is -5.80. The molecular formula is C109H78F6N8S2. The van der Waals surface area contributed by atoms with Crippen LogP contribution in [-0.4, -0.2) is 57.6 Å². The molecule has 0 radical (unpaired) electrons. The van der Waals surface area contributed by atoms with E-state index >= 15 is 26.3 Å². The molecule has 4 aliphatic heterocycles. The lowest BCUT2D eigenvalue weighted by atomic mass is 9.94. The van der Waals surface area contributed by atoms with Gasteiger partial charge in [-0.25, -0.2) is 19.9 Å². The van der Waals surface area contributed by atoms with E-state index in [0.717, 1.165) is 212 Å². The number of aryl methyl sites for hydroxylation is 8. The number of rotatable bonds is 12. The van der Waals surface area contributed by atoms with Gasteiger partial charge in [-0.3, -0.25) is 0 Å². The molecule has 0 saturated heterocycles. The van der Waals surface area contributed by atoms with Crippen molar-refractivity contribution in [1.29, 1.82) is 0 Å². The summed E-state index contributed by atoms with van der Waals surface area (Å²) in [7, 11) is 0. The predicted molar refractivity (Wildman–Crippen MR) is 507 cm³/mol. The molecule has 16 heteroatoms. The second-order valence-electron chi connectivity index (χ2n) is 33.0. The smallest absolute Gasteiger partial charge is 0.354 e. The van der Waals surface area contributed by atoms with Crippen LogP contribution in [-0.2, 0) is 0 Å². The number of halogens is 6.